The highest BCUT2D eigenvalue weighted by atomic mass is 35.5. The number of carbonyl (C=O) groups is 3. The lowest BCUT2D eigenvalue weighted by Gasteiger charge is -2.38. The molecule has 0 aromatic heterocycles. The van der Waals surface area contributed by atoms with Gasteiger partial charge in [-0.2, -0.15) is 0 Å². The first kappa shape index (κ1) is 19.7. The highest BCUT2D eigenvalue weighted by Gasteiger charge is 2.50. The summed E-state index contributed by atoms with van der Waals surface area (Å²) in [6.45, 7) is 2.59. The van der Waals surface area contributed by atoms with E-state index in [0.717, 1.165) is 5.56 Å². The molecule has 0 saturated carbocycles. The molecule has 0 saturated heterocycles. The Hall–Kier alpha value is -2.05. The molecule has 1 N–H and O–H groups in total. The molecular formula is C19H18Cl2O6. The van der Waals surface area contributed by atoms with E-state index >= 15 is 0 Å². The maximum Gasteiger partial charge on any atom is 0.341 e. The molecule has 2 atom stereocenters. The van der Waals surface area contributed by atoms with Gasteiger partial charge in [-0.3, -0.25) is 9.59 Å². The lowest BCUT2D eigenvalue weighted by molar-refractivity contribution is -0.150. The van der Waals surface area contributed by atoms with Crippen LogP contribution in [0.25, 0.3) is 5.57 Å². The van der Waals surface area contributed by atoms with Gasteiger partial charge in [-0.25, -0.2) is 4.79 Å². The second-order valence-corrected chi connectivity index (χ2v) is 7.58. The quantitative estimate of drug-likeness (QED) is 0.741. The average molecular weight is 413 g/mol. The minimum Gasteiger partial charge on any atom is -0.480 e. The molecule has 144 valence electrons. The Bertz CT molecular complexity index is 875. The predicted molar refractivity (Wildman–Crippen MR) is 99.2 cm³/mol. The Morgan fingerprint density at radius 2 is 2.04 bits per heavy atom. The molecule has 1 aromatic rings. The third-order valence-corrected chi connectivity index (χ3v) is 6.01. The molecule has 3 rings (SSSR count). The molecule has 27 heavy (non-hydrogen) atoms. The van der Waals surface area contributed by atoms with Crippen LogP contribution >= 0.6 is 23.2 Å². The number of ether oxygens (including phenoxy) is 2. The van der Waals surface area contributed by atoms with E-state index in [4.69, 9.17) is 37.8 Å². The monoisotopic (exact) mass is 412 g/mol. The number of aliphatic carboxylic acids is 1. The third kappa shape index (κ3) is 3.44. The topological polar surface area (TPSA) is 89.9 Å². The van der Waals surface area contributed by atoms with E-state index in [9.17, 15) is 14.4 Å². The Labute approximate surface area is 166 Å². The molecule has 2 unspecified atom stereocenters. The van der Waals surface area contributed by atoms with Crippen LogP contribution < -0.4 is 4.74 Å². The molecule has 1 aromatic carbocycles. The number of esters is 1. The summed E-state index contributed by atoms with van der Waals surface area (Å²) in [5, 5.41) is 9.12. The van der Waals surface area contributed by atoms with Gasteiger partial charge < -0.3 is 14.6 Å². The number of benzene rings is 1. The van der Waals surface area contributed by atoms with Crippen LogP contribution in [0.1, 0.15) is 37.8 Å². The summed E-state index contributed by atoms with van der Waals surface area (Å²) >= 11 is 12.8. The van der Waals surface area contributed by atoms with Gasteiger partial charge in [-0.15, -0.1) is 0 Å². The number of allylic oxidation sites excluding steroid dienone is 1. The van der Waals surface area contributed by atoms with E-state index in [-0.39, 0.29) is 21.6 Å². The van der Waals surface area contributed by atoms with Gasteiger partial charge in [0.15, 0.2) is 12.4 Å². The standard InChI is InChI=1S/C19H18Cl2O6/c1-9(27-10(2)22)19-4-3-12(23)6-13(19)16-11(7-19)5-14(17(20)18(16)21)26-8-15(24)25/h5-6,9H,3-4,7-8H2,1-2H3,(H,24,25). The largest absolute Gasteiger partial charge is 0.480 e. The number of rotatable bonds is 5. The van der Waals surface area contributed by atoms with Crippen LogP contribution in [-0.4, -0.2) is 35.5 Å². The van der Waals surface area contributed by atoms with Crippen LogP contribution in [0.5, 0.6) is 5.75 Å². The molecule has 0 radical (unpaired) electrons. The summed E-state index contributed by atoms with van der Waals surface area (Å²) in [4.78, 5) is 34.4. The van der Waals surface area contributed by atoms with Gasteiger partial charge in [0.05, 0.1) is 5.02 Å². The summed E-state index contributed by atoms with van der Waals surface area (Å²) in [5.74, 6) is -1.39. The molecule has 0 aliphatic heterocycles. The van der Waals surface area contributed by atoms with Crippen molar-refractivity contribution >= 4 is 46.5 Å². The van der Waals surface area contributed by atoms with Gasteiger partial charge in [0.2, 0.25) is 0 Å². The first-order valence-electron chi connectivity index (χ1n) is 8.44. The predicted octanol–water partition coefficient (Wildman–Crippen LogP) is 3.70. The molecule has 0 bridgehead atoms. The summed E-state index contributed by atoms with van der Waals surface area (Å²) in [6, 6.07) is 1.65. The minimum atomic E-state index is -1.13. The Balaban J connectivity index is 2.11. The van der Waals surface area contributed by atoms with Crippen LogP contribution in [0.4, 0.5) is 0 Å². The number of hydrogen-bond donors (Lipinski definition) is 1. The summed E-state index contributed by atoms with van der Waals surface area (Å²) in [5.41, 5.74) is 1.54. The Morgan fingerprint density at radius 1 is 1.33 bits per heavy atom. The van der Waals surface area contributed by atoms with Gasteiger partial charge in [0.1, 0.15) is 16.9 Å². The number of carbonyl (C=O) groups excluding carboxylic acids is 2. The van der Waals surface area contributed by atoms with Crippen molar-refractivity contribution in [1.29, 1.82) is 0 Å². The molecule has 2 aliphatic rings. The van der Waals surface area contributed by atoms with Gasteiger partial charge >= 0.3 is 11.9 Å². The first-order chi connectivity index (χ1) is 12.7. The SMILES string of the molecule is CC(=O)OC(C)C12CCC(=O)C=C1c1c(cc(OCC(=O)O)c(Cl)c1Cl)C2. The number of fused-ring (bicyclic) bond motifs is 3. The highest BCUT2D eigenvalue weighted by molar-refractivity contribution is 6.44. The summed E-state index contributed by atoms with van der Waals surface area (Å²) in [6.07, 6.45) is 2.42. The van der Waals surface area contributed by atoms with E-state index < -0.39 is 30.1 Å². The fourth-order valence-electron chi connectivity index (χ4n) is 3.96. The summed E-state index contributed by atoms with van der Waals surface area (Å²) in [7, 11) is 0. The van der Waals surface area contributed by atoms with Crippen LogP contribution in [-0.2, 0) is 25.5 Å². The minimum absolute atomic E-state index is 0.0260. The van der Waals surface area contributed by atoms with E-state index in [1.165, 1.54) is 6.92 Å². The van der Waals surface area contributed by atoms with Gasteiger partial charge in [-0.05, 0) is 43.0 Å². The first-order valence-corrected chi connectivity index (χ1v) is 9.19. The van der Waals surface area contributed by atoms with Crippen molar-refractivity contribution in [3.8, 4) is 5.75 Å². The van der Waals surface area contributed by atoms with Crippen molar-refractivity contribution < 1.29 is 29.0 Å². The zero-order valence-electron chi connectivity index (χ0n) is 14.8. The number of carboxylic acids is 1. The maximum absolute atomic E-state index is 12.1. The average Bonchev–Trinajstić information content (AvgIpc) is 2.91. The number of ketones is 1. The lowest BCUT2D eigenvalue weighted by Crippen LogP contribution is -2.39. The second kappa shape index (κ2) is 7.17. The molecule has 0 fully saturated rings. The van der Waals surface area contributed by atoms with Crippen molar-refractivity contribution in [2.24, 2.45) is 5.41 Å². The number of halogens is 2. The molecule has 0 spiro atoms. The smallest absolute Gasteiger partial charge is 0.341 e. The van der Waals surface area contributed by atoms with Crippen molar-refractivity contribution in [2.45, 2.75) is 39.2 Å². The molecule has 0 amide bonds. The fourth-order valence-corrected chi connectivity index (χ4v) is 4.48. The van der Waals surface area contributed by atoms with Gasteiger partial charge in [0.25, 0.3) is 0 Å². The maximum atomic E-state index is 12.1. The highest BCUT2D eigenvalue weighted by Crippen LogP contribution is 2.58. The van der Waals surface area contributed by atoms with Crippen molar-refractivity contribution in [2.75, 3.05) is 6.61 Å². The van der Waals surface area contributed by atoms with E-state index in [1.807, 2.05) is 0 Å². The second-order valence-electron chi connectivity index (χ2n) is 6.83. The fraction of sp³-hybridized carbons (Fsp3) is 0.421. The van der Waals surface area contributed by atoms with E-state index in [1.54, 1.807) is 19.1 Å². The van der Waals surface area contributed by atoms with Crippen LogP contribution in [0.2, 0.25) is 10.0 Å². The molecule has 0 heterocycles. The number of carboxylic acid groups (broad SMARTS) is 1. The Kier molecular flexibility index (Phi) is 5.23. The number of hydrogen-bond acceptors (Lipinski definition) is 5. The molecular weight excluding hydrogens is 395 g/mol. The summed E-state index contributed by atoms with van der Waals surface area (Å²) < 4.78 is 10.7. The van der Waals surface area contributed by atoms with Crippen molar-refractivity contribution in [3.63, 3.8) is 0 Å². The van der Waals surface area contributed by atoms with Crippen LogP contribution in [0.3, 0.4) is 0 Å². The van der Waals surface area contributed by atoms with E-state index in [0.29, 0.717) is 30.4 Å². The van der Waals surface area contributed by atoms with Crippen LogP contribution in [0, 0.1) is 5.41 Å². The molecule has 6 nitrogen and oxygen atoms in total. The van der Waals surface area contributed by atoms with Crippen molar-refractivity contribution in [3.05, 3.63) is 33.3 Å². The molecule has 2 aliphatic carbocycles. The molecule has 8 heteroatoms. The van der Waals surface area contributed by atoms with Crippen LogP contribution in [0.15, 0.2) is 12.1 Å². The van der Waals surface area contributed by atoms with Crippen molar-refractivity contribution in [1.82, 2.24) is 0 Å². The van der Waals surface area contributed by atoms with Gasteiger partial charge in [-0.1, -0.05) is 23.2 Å². The lowest BCUT2D eigenvalue weighted by atomic mass is 9.69. The third-order valence-electron chi connectivity index (χ3n) is 5.16. The Morgan fingerprint density at radius 3 is 2.67 bits per heavy atom. The zero-order valence-corrected chi connectivity index (χ0v) is 16.3. The normalized spacial score (nSPS) is 21.8. The zero-order chi connectivity index (χ0) is 19.9. The van der Waals surface area contributed by atoms with Gasteiger partial charge in [0, 0.05) is 24.3 Å². The van der Waals surface area contributed by atoms with E-state index in [2.05, 4.69) is 0 Å².